The molecule has 0 amide bonds. The second-order valence-corrected chi connectivity index (χ2v) is 29.1. The highest BCUT2D eigenvalue weighted by atomic mass is 28.3. The van der Waals surface area contributed by atoms with Gasteiger partial charge in [-0.3, -0.25) is 0 Å². The Kier molecular flexibility index (Phi) is 12.3. The van der Waals surface area contributed by atoms with Crippen LogP contribution in [0.4, 0.5) is 0 Å². The summed E-state index contributed by atoms with van der Waals surface area (Å²) in [7, 11) is -5.83. The molecule has 15 aromatic rings. The van der Waals surface area contributed by atoms with E-state index in [0.717, 1.165) is 33.5 Å². The summed E-state index contributed by atoms with van der Waals surface area (Å²) in [5.74, 6) is 0. The minimum absolute atomic E-state index is 1.13. The molecule has 0 aliphatic carbocycles. The lowest BCUT2D eigenvalue weighted by atomic mass is 9.95. The molecule has 0 atom stereocenters. The highest BCUT2D eigenvalue weighted by Crippen LogP contribution is 2.43. The summed E-state index contributed by atoms with van der Waals surface area (Å²) in [6.07, 6.45) is 0. The maximum absolute atomic E-state index is 2.91. The third-order valence-electron chi connectivity index (χ3n) is 17.2. The third kappa shape index (κ3) is 7.83. The molecule has 0 aliphatic rings. The topological polar surface area (TPSA) is 9.86 Å². The number of hydrogen-bond acceptors (Lipinski definition) is 0. The number of benzene rings is 13. The minimum Gasteiger partial charge on any atom is -0.309 e. The smallest absolute Gasteiger partial charge is 0.179 e. The second kappa shape index (κ2) is 20.5. The van der Waals surface area contributed by atoms with Crippen LogP contribution < -0.4 is 41.5 Å². The van der Waals surface area contributed by atoms with Crippen molar-refractivity contribution in [2.24, 2.45) is 0 Å². The molecule has 0 radical (unpaired) electrons. The summed E-state index contributed by atoms with van der Waals surface area (Å²) in [6.45, 7) is 0. The molecule has 386 valence electrons. The minimum atomic E-state index is -2.91. The summed E-state index contributed by atoms with van der Waals surface area (Å²) >= 11 is 0. The summed E-state index contributed by atoms with van der Waals surface area (Å²) in [4.78, 5) is 0. The average Bonchev–Trinajstić information content (AvgIpc) is 4.27. The van der Waals surface area contributed by atoms with E-state index in [4.69, 9.17) is 0 Å². The Morgan fingerprint density at radius 1 is 0.195 bits per heavy atom. The molecule has 0 fully saturated rings. The van der Waals surface area contributed by atoms with Crippen molar-refractivity contribution in [3.05, 3.63) is 340 Å². The first-order valence-corrected chi connectivity index (χ1v) is 32.4. The fraction of sp³-hybridized carbons (Fsp3) is 0. The first-order valence-electron chi connectivity index (χ1n) is 28.4. The van der Waals surface area contributed by atoms with Gasteiger partial charge in [0.1, 0.15) is 0 Å². The van der Waals surface area contributed by atoms with Crippen molar-refractivity contribution in [2.75, 3.05) is 0 Å². The van der Waals surface area contributed by atoms with Gasteiger partial charge in [-0.25, -0.2) is 0 Å². The monoisotopic (exact) mass is 1080 g/mol. The Morgan fingerprint density at radius 3 is 0.866 bits per heavy atom. The molecule has 13 aromatic carbocycles. The van der Waals surface area contributed by atoms with Gasteiger partial charge in [0.05, 0.1) is 27.8 Å². The largest absolute Gasteiger partial charge is 0.309 e. The van der Waals surface area contributed by atoms with E-state index in [1.165, 1.54) is 85.2 Å². The average molecular weight is 1080 g/mol. The standard InChI is InChI=1S/C78H56N2Si2/c1-7-30-60(31-8-1)81(61-32-9-2-10-33-61,62-34-11-3-12-35-62)66-42-25-28-57(54-66)68-47-27-48-69(58-29-26-43-67(55-58)82(63-36-13-4-14-37-63,64-38-15-5-16-39-64)65-40-17-6-18-41-65)78(68)80-76-51-24-21-46-72(76)73-56-59(52-53-77(73)80)79-74-49-22-19-44-70(74)71-45-20-23-50-75(71)79/h1-56H. The van der Waals surface area contributed by atoms with E-state index in [1.807, 2.05) is 0 Å². The van der Waals surface area contributed by atoms with E-state index in [9.17, 15) is 0 Å². The normalized spacial score (nSPS) is 11.9. The lowest BCUT2D eigenvalue weighted by Crippen LogP contribution is -2.74. The van der Waals surface area contributed by atoms with Crippen molar-refractivity contribution >= 4 is 101 Å². The van der Waals surface area contributed by atoms with Gasteiger partial charge in [-0.1, -0.05) is 303 Å². The van der Waals surface area contributed by atoms with Gasteiger partial charge in [0.25, 0.3) is 0 Å². The van der Waals surface area contributed by atoms with Crippen LogP contribution in [-0.4, -0.2) is 25.3 Å². The van der Waals surface area contributed by atoms with Crippen molar-refractivity contribution in [3.8, 4) is 33.6 Å². The molecule has 2 aromatic heterocycles. The number of para-hydroxylation sites is 4. The van der Waals surface area contributed by atoms with Gasteiger partial charge in [-0.15, -0.1) is 0 Å². The Hall–Kier alpha value is -10.1. The van der Waals surface area contributed by atoms with Gasteiger partial charge >= 0.3 is 0 Å². The van der Waals surface area contributed by atoms with Crippen LogP contribution in [0.2, 0.25) is 0 Å². The predicted molar refractivity (Wildman–Crippen MR) is 353 cm³/mol. The van der Waals surface area contributed by atoms with Crippen LogP contribution in [0.15, 0.2) is 340 Å². The van der Waals surface area contributed by atoms with Crippen LogP contribution in [0, 0.1) is 0 Å². The van der Waals surface area contributed by atoms with E-state index >= 15 is 0 Å². The van der Waals surface area contributed by atoms with E-state index in [0.29, 0.717) is 0 Å². The zero-order valence-corrected chi connectivity index (χ0v) is 47.2. The van der Waals surface area contributed by atoms with Crippen molar-refractivity contribution in [1.29, 1.82) is 0 Å². The van der Waals surface area contributed by atoms with Gasteiger partial charge in [-0.2, -0.15) is 0 Å². The maximum atomic E-state index is 2.58. The summed E-state index contributed by atoms with van der Waals surface area (Å²) in [5, 5.41) is 15.6. The number of rotatable bonds is 12. The van der Waals surface area contributed by atoms with E-state index in [1.54, 1.807) is 0 Å². The SMILES string of the molecule is c1ccc([Si](c2ccccc2)(c2ccccc2)c2cccc(-c3cccc(-c4cccc([Si](c5ccccc5)(c5ccccc5)c5ccccc5)c4)c3-n3c4ccccc4c4cc(-n5c6ccccc6c6ccccc65)ccc43)c2)cc1. The highest BCUT2D eigenvalue weighted by Gasteiger charge is 2.43. The van der Waals surface area contributed by atoms with Crippen LogP contribution in [0.5, 0.6) is 0 Å². The lowest BCUT2D eigenvalue weighted by molar-refractivity contribution is 1.17. The molecule has 0 N–H and O–H groups in total. The fourth-order valence-corrected chi connectivity index (χ4v) is 23.4. The van der Waals surface area contributed by atoms with Gasteiger partial charge in [0, 0.05) is 38.4 Å². The van der Waals surface area contributed by atoms with Crippen molar-refractivity contribution in [1.82, 2.24) is 9.13 Å². The molecule has 0 saturated carbocycles. The van der Waals surface area contributed by atoms with Gasteiger partial charge in [-0.05, 0) is 89.0 Å². The lowest BCUT2D eigenvalue weighted by Gasteiger charge is -2.35. The number of nitrogens with zero attached hydrogens (tertiary/aromatic N) is 2. The molecular formula is C78H56N2Si2. The van der Waals surface area contributed by atoms with E-state index in [2.05, 4.69) is 349 Å². The molecule has 82 heavy (non-hydrogen) atoms. The Bertz CT molecular complexity index is 4350. The number of aromatic nitrogens is 2. The molecule has 0 spiro atoms. The van der Waals surface area contributed by atoms with E-state index in [-0.39, 0.29) is 0 Å². The molecule has 0 saturated heterocycles. The number of hydrogen-bond donors (Lipinski definition) is 0. The molecule has 0 bridgehead atoms. The first kappa shape index (κ1) is 49.0. The van der Waals surface area contributed by atoms with Crippen LogP contribution in [-0.2, 0) is 0 Å². The number of fused-ring (bicyclic) bond motifs is 6. The zero-order chi connectivity index (χ0) is 54.5. The van der Waals surface area contributed by atoms with Crippen LogP contribution >= 0.6 is 0 Å². The predicted octanol–water partition coefficient (Wildman–Crippen LogP) is 14.0. The second-order valence-electron chi connectivity index (χ2n) is 21.5. The zero-order valence-electron chi connectivity index (χ0n) is 45.2. The first-order chi connectivity index (χ1) is 40.7. The molecule has 15 rings (SSSR count). The van der Waals surface area contributed by atoms with Crippen LogP contribution in [0.25, 0.3) is 77.2 Å². The summed E-state index contributed by atoms with van der Waals surface area (Å²) < 4.78 is 5.02. The van der Waals surface area contributed by atoms with Crippen molar-refractivity contribution < 1.29 is 0 Å². The molecule has 0 unspecified atom stereocenters. The van der Waals surface area contributed by atoms with Crippen molar-refractivity contribution in [2.45, 2.75) is 0 Å². The highest BCUT2D eigenvalue weighted by molar-refractivity contribution is 7.20. The van der Waals surface area contributed by atoms with Crippen LogP contribution in [0.3, 0.4) is 0 Å². The molecule has 2 heterocycles. The Labute approximate surface area is 480 Å². The van der Waals surface area contributed by atoms with Gasteiger partial charge in [0.15, 0.2) is 16.1 Å². The maximum Gasteiger partial charge on any atom is 0.179 e. The molecule has 2 nitrogen and oxygen atoms in total. The summed E-state index contributed by atoms with van der Waals surface area (Å²) in [6, 6.07) is 128. The summed E-state index contributed by atoms with van der Waals surface area (Å²) in [5.41, 5.74) is 11.6. The Morgan fingerprint density at radius 2 is 0.488 bits per heavy atom. The third-order valence-corrected chi connectivity index (χ3v) is 26.8. The van der Waals surface area contributed by atoms with Crippen LogP contribution in [0.1, 0.15) is 0 Å². The van der Waals surface area contributed by atoms with E-state index < -0.39 is 16.1 Å². The Balaban J connectivity index is 1.03. The van der Waals surface area contributed by atoms with Gasteiger partial charge < -0.3 is 9.13 Å². The van der Waals surface area contributed by atoms with Crippen molar-refractivity contribution in [3.63, 3.8) is 0 Å². The molecule has 0 aliphatic heterocycles. The quantitative estimate of drug-likeness (QED) is 0.0852. The molecular weight excluding hydrogens is 1020 g/mol. The fourth-order valence-electron chi connectivity index (χ4n) is 13.8. The molecule has 4 heteroatoms. The van der Waals surface area contributed by atoms with Gasteiger partial charge in [0.2, 0.25) is 0 Å².